The van der Waals surface area contributed by atoms with E-state index in [4.69, 9.17) is 11.6 Å². The Morgan fingerprint density at radius 2 is 2.25 bits per heavy atom. The molecule has 1 N–H and O–H groups in total. The lowest BCUT2D eigenvalue weighted by atomic mass is 10.0. The number of carbonyl (C=O) groups excluding carboxylic acids is 2. The zero-order valence-electron chi connectivity index (χ0n) is 9.83. The van der Waals surface area contributed by atoms with Gasteiger partial charge < -0.3 is 4.90 Å². The number of alkyl halides is 1. The molecule has 4 nitrogen and oxygen atoms in total. The molecule has 2 unspecified atom stereocenters. The van der Waals surface area contributed by atoms with Crippen LogP contribution in [0.2, 0.25) is 0 Å². The van der Waals surface area contributed by atoms with E-state index in [1.807, 2.05) is 0 Å². The average molecular weight is 247 g/mol. The molecule has 92 valence electrons. The fourth-order valence-electron chi connectivity index (χ4n) is 1.94. The Labute approximate surface area is 101 Å². The predicted octanol–water partition coefficient (Wildman–Crippen LogP) is 1.97. The van der Waals surface area contributed by atoms with Crippen molar-refractivity contribution in [2.45, 2.75) is 38.5 Å². The Morgan fingerprint density at radius 3 is 2.81 bits per heavy atom. The van der Waals surface area contributed by atoms with Crippen molar-refractivity contribution in [2.75, 3.05) is 13.1 Å². The van der Waals surface area contributed by atoms with Crippen molar-refractivity contribution in [3.05, 3.63) is 0 Å². The van der Waals surface area contributed by atoms with Gasteiger partial charge in [-0.1, -0.05) is 13.3 Å². The molecule has 0 bridgehead atoms. The zero-order chi connectivity index (χ0) is 12.1. The maximum absolute atomic E-state index is 11.6. The van der Waals surface area contributed by atoms with Gasteiger partial charge in [-0.25, -0.2) is 4.79 Å². The van der Waals surface area contributed by atoms with Crippen LogP contribution >= 0.6 is 11.6 Å². The van der Waals surface area contributed by atoms with E-state index in [1.165, 1.54) is 0 Å². The standard InChI is InChI=1S/C11H19ClN2O2/c1-3-4-9-5-6-14(7-9)11(16)13-10(15)8(2)12/h8-9H,3-7H2,1-2H3,(H,13,15,16). The number of hydrogen-bond donors (Lipinski definition) is 1. The van der Waals surface area contributed by atoms with Crippen molar-refractivity contribution in [1.29, 1.82) is 0 Å². The number of rotatable bonds is 3. The van der Waals surface area contributed by atoms with Crippen LogP contribution in [0.1, 0.15) is 33.1 Å². The van der Waals surface area contributed by atoms with Gasteiger partial charge in [0.25, 0.3) is 0 Å². The highest BCUT2D eigenvalue weighted by molar-refractivity contribution is 6.31. The summed E-state index contributed by atoms with van der Waals surface area (Å²) in [6.45, 7) is 5.18. The van der Waals surface area contributed by atoms with Crippen LogP contribution in [-0.2, 0) is 4.79 Å². The van der Waals surface area contributed by atoms with Crippen LogP contribution in [0.25, 0.3) is 0 Å². The molecule has 1 rings (SSSR count). The number of nitrogens with zero attached hydrogens (tertiary/aromatic N) is 1. The predicted molar refractivity (Wildman–Crippen MR) is 63.4 cm³/mol. The van der Waals surface area contributed by atoms with E-state index in [0.717, 1.165) is 32.4 Å². The summed E-state index contributed by atoms with van der Waals surface area (Å²) in [7, 11) is 0. The van der Waals surface area contributed by atoms with Crippen LogP contribution < -0.4 is 5.32 Å². The van der Waals surface area contributed by atoms with Crippen molar-refractivity contribution >= 4 is 23.5 Å². The molecule has 5 heteroatoms. The Hall–Kier alpha value is -0.770. The number of hydrogen-bond acceptors (Lipinski definition) is 2. The third-order valence-corrected chi connectivity index (χ3v) is 3.06. The first kappa shape index (κ1) is 13.3. The van der Waals surface area contributed by atoms with E-state index in [2.05, 4.69) is 12.2 Å². The molecule has 0 radical (unpaired) electrons. The minimum absolute atomic E-state index is 0.309. The lowest BCUT2D eigenvalue weighted by Gasteiger charge is -2.17. The van der Waals surface area contributed by atoms with Crippen LogP contribution in [-0.4, -0.2) is 35.3 Å². The fourth-order valence-corrected chi connectivity index (χ4v) is 2.00. The second-order valence-electron chi connectivity index (χ2n) is 4.30. The molecule has 1 heterocycles. The summed E-state index contributed by atoms with van der Waals surface area (Å²) < 4.78 is 0. The van der Waals surface area contributed by atoms with Gasteiger partial charge in [-0.15, -0.1) is 11.6 Å². The van der Waals surface area contributed by atoms with Gasteiger partial charge in [0.2, 0.25) is 5.91 Å². The van der Waals surface area contributed by atoms with E-state index in [0.29, 0.717) is 5.92 Å². The molecular weight excluding hydrogens is 228 g/mol. The van der Waals surface area contributed by atoms with Gasteiger partial charge in [-0.05, 0) is 25.7 Å². The first-order valence-electron chi connectivity index (χ1n) is 5.78. The van der Waals surface area contributed by atoms with E-state index in [9.17, 15) is 9.59 Å². The Balaban J connectivity index is 2.36. The van der Waals surface area contributed by atoms with Gasteiger partial charge in [0.05, 0.1) is 0 Å². The van der Waals surface area contributed by atoms with Gasteiger partial charge in [0.15, 0.2) is 0 Å². The third-order valence-electron chi connectivity index (χ3n) is 2.86. The summed E-state index contributed by atoms with van der Waals surface area (Å²) >= 11 is 5.57. The summed E-state index contributed by atoms with van der Waals surface area (Å²) in [6.07, 6.45) is 3.31. The Kier molecular flexibility index (Phi) is 5.06. The second kappa shape index (κ2) is 6.09. The van der Waals surface area contributed by atoms with Crippen molar-refractivity contribution in [1.82, 2.24) is 10.2 Å². The van der Waals surface area contributed by atoms with Gasteiger partial charge >= 0.3 is 6.03 Å². The first-order chi connectivity index (χ1) is 7.54. The molecule has 0 aromatic rings. The zero-order valence-corrected chi connectivity index (χ0v) is 10.6. The largest absolute Gasteiger partial charge is 0.324 e. The lowest BCUT2D eigenvalue weighted by Crippen LogP contribution is -2.44. The molecule has 1 aliphatic heterocycles. The molecule has 1 fully saturated rings. The van der Waals surface area contributed by atoms with Gasteiger partial charge in [-0.3, -0.25) is 10.1 Å². The molecular formula is C11H19ClN2O2. The fraction of sp³-hybridized carbons (Fsp3) is 0.818. The molecule has 0 saturated carbocycles. The minimum atomic E-state index is -0.669. The van der Waals surface area contributed by atoms with Crippen molar-refractivity contribution in [2.24, 2.45) is 5.92 Å². The molecule has 1 saturated heterocycles. The number of likely N-dealkylation sites (tertiary alicyclic amines) is 1. The minimum Gasteiger partial charge on any atom is -0.324 e. The van der Waals surface area contributed by atoms with Crippen molar-refractivity contribution in [3.8, 4) is 0 Å². The van der Waals surface area contributed by atoms with Crippen LogP contribution in [0.15, 0.2) is 0 Å². The monoisotopic (exact) mass is 246 g/mol. The molecule has 0 aliphatic carbocycles. The van der Waals surface area contributed by atoms with Gasteiger partial charge in [0, 0.05) is 13.1 Å². The number of amides is 3. The maximum Gasteiger partial charge on any atom is 0.324 e. The Morgan fingerprint density at radius 1 is 1.56 bits per heavy atom. The average Bonchev–Trinajstić information content (AvgIpc) is 2.66. The molecule has 16 heavy (non-hydrogen) atoms. The number of carbonyl (C=O) groups is 2. The summed E-state index contributed by atoms with van der Waals surface area (Å²) in [4.78, 5) is 24.6. The highest BCUT2D eigenvalue weighted by Gasteiger charge is 2.27. The summed E-state index contributed by atoms with van der Waals surface area (Å²) in [5, 5.41) is 1.63. The number of nitrogens with one attached hydrogen (secondary N) is 1. The van der Waals surface area contributed by atoms with Gasteiger partial charge in [0.1, 0.15) is 5.38 Å². The van der Waals surface area contributed by atoms with Gasteiger partial charge in [-0.2, -0.15) is 0 Å². The smallest absolute Gasteiger partial charge is 0.324 e. The molecule has 0 aromatic heterocycles. The summed E-state index contributed by atoms with van der Waals surface area (Å²) in [5.74, 6) is 0.157. The van der Waals surface area contributed by atoms with E-state index in [-0.39, 0.29) is 6.03 Å². The van der Waals surface area contributed by atoms with Crippen LogP contribution in [0.5, 0.6) is 0 Å². The number of halogens is 1. The lowest BCUT2D eigenvalue weighted by molar-refractivity contribution is -0.119. The topological polar surface area (TPSA) is 49.4 Å². The van der Waals surface area contributed by atoms with Crippen LogP contribution in [0, 0.1) is 5.92 Å². The van der Waals surface area contributed by atoms with E-state index in [1.54, 1.807) is 11.8 Å². The quantitative estimate of drug-likeness (QED) is 0.774. The van der Waals surface area contributed by atoms with Crippen LogP contribution in [0.4, 0.5) is 4.79 Å². The van der Waals surface area contributed by atoms with Crippen molar-refractivity contribution < 1.29 is 9.59 Å². The van der Waals surface area contributed by atoms with Crippen LogP contribution in [0.3, 0.4) is 0 Å². The molecule has 2 atom stereocenters. The maximum atomic E-state index is 11.6. The Bertz CT molecular complexity index is 269. The van der Waals surface area contributed by atoms with E-state index < -0.39 is 11.3 Å². The second-order valence-corrected chi connectivity index (χ2v) is 4.95. The molecule has 1 aliphatic rings. The molecule has 0 spiro atoms. The number of urea groups is 1. The normalized spacial score (nSPS) is 21.9. The summed E-state index contributed by atoms with van der Waals surface area (Å²) in [6, 6.07) is -0.309. The highest BCUT2D eigenvalue weighted by Crippen LogP contribution is 2.20. The SMILES string of the molecule is CCCC1CCN(C(=O)NC(=O)C(C)Cl)C1. The summed E-state index contributed by atoms with van der Waals surface area (Å²) in [5.41, 5.74) is 0. The van der Waals surface area contributed by atoms with E-state index >= 15 is 0 Å². The molecule has 0 aromatic carbocycles. The third kappa shape index (κ3) is 3.67. The number of imide groups is 1. The highest BCUT2D eigenvalue weighted by atomic mass is 35.5. The first-order valence-corrected chi connectivity index (χ1v) is 6.22. The van der Waals surface area contributed by atoms with Crippen molar-refractivity contribution in [3.63, 3.8) is 0 Å². The molecule has 3 amide bonds.